The fourth-order valence-corrected chi connectivity index (χ4v) is 1.55. The van der Waals surface area contributed by atoms with Crippen LogP contribution in [0.25, 0.3) is 0 Å². The van der Waals surface area contributed by atoms with Gasteiger partial charge in [-0.2, -0.15) is 13.2 Å². The van der Waals surface area contributed by atoms with E-state index in [1.807, 2.05) is 13.8 Å². The molecule has 0 radical (unpaired) electrons. The van der Waals surface area contributed by atoms with Gasteiger partial charge in [0.15, 0.2) is 0 Å². The van der Waals surface area contributed by atoms with Crippen LogP contribution in [-0.2, 0) is 0 Å². The van der Waals surface area contributed by atoms with E-state index in [-0.39, 0.29) is 18.0 Å². The molecule has 0 saturated heterocycles. The van der Waals surface area contributed by atoms with Crippen LogP contribution in [-0.4, -0.2) is 36.2 Å². The van der Waals surface area contributed by atoms with E-state index in [9.17, 15) is 13.2 Å². The number of hydrogen-bond acceptors (Lipinski definition) is 2. The summed E-state index contributed by atoms with van der Waals surface area (Å²) in [6, 6.07) is 0.0762. The van der Waals surface area contributed by atoms with Crippen LogP contribution in [0.5, 0.6) is 0 Å². The van der Waals surface area contributed by atoms with Crippen LogP contribution in [0.4, 0.5) is 13.2 Å². The average Bonchev–Trinajstić information content (AvgIpc) is 2.81. The molecule has 1 aliphatic rings. The Bertz CT molecular complexity index is 199. The van der Waals surface area contributed by atoms with Gasteiger partial charge in [-0.3, -0.25) is 4.90 Å². The average molecular weight is 224 g/mol. The van der Waals surface area contributed by atoms with E-state index in [0.717, 1.165) is 12.8 Å². The van der Waals surface area contributed by atoms with Gasteiger partial charge in [0.05, 0.1) is 6.54 Å². The summed E-state index contributed by atoms with van der Waals surface area (Å²) in [7, 11) is 0. The number of rotatable bonds is 5. The minimum Gasteiger partial charge on any atom is -0.328 e. The van der Waals surface area contributed by atoms with Crippen LogP contribution in [0.3, 0.4) is 0 Å². The highest BCUT2D eigenvalue weighted by Crippen LogP contribution is 2.30. The highest BCUT2D eigenvalue weighted by Gasteiger charge is 2.38. The normalized spacial score (nSPS) is 21.8. The molecule has 5 heteroatoms. The Hall–Kier alpha value is -0.290. The smallest absolute Gasteiger partial charge is 0.328 e. The molecule has 0 heterocycles. The molecule has 0 spiro atoms. The second kappa shape index (κ2) is 4.70. The minimum atomic E-state index is -4.10. The van der Waals surface area contributed by atoms with Crippen molar-refractivity contribution in [2.24, 2.45) is 11.7 Å². The van der Waals surface area contributed by atoms with Gasteiger partial charge in [0.1, 0.15) is 0 Å². The molecule has 0 aromatic carbocycles. The highest BCUT2D eigenvalue weighted by atomic mass is 19.4. The maximum Gasteiger partial charge on any atom is 0.401 e. The summed E-state index contributed by atoms with van der Waals surface area (Å²) < 4.78 is 36.8. The van der Waals surface area contributed by atoms with Crippen molar-refractivity contribution in [3.8, 4) is 0 Å². The molecular formula is C10H19F3N2. The van der Waals surface area contributed by atoms with Gasteiger partial charge in [-0.15, -0.1) is 0 Å². The molecule has 2 N–H and O–H groups in total. The molecular weight excluding hydrogens is 205 g/mol. The summed E-state index contributed by atoms with van der Waals surface area (Å²) in [5, 5.41) is 0. The van der Waals surface area contributed by atoms with E-state index >= 15 is 0 Å². The Kier molecular flexibility index (Phi) is 4.00. The van der Waals surface area contributed by atoms with Crippen LogP contribution in [0.2, 0.25) is 0 Å². The fraction of sp³-hybridized carbons (Fsp3) is 1.00. The van der Waals surface area contributed by atoms with E-state index in [1.54, 1.807) is 0 Å². The number of halogens is 3. The molecule has 2 unspecified atom stereocenters. The molecule has 0 aromatic rings. The first-order valence-electron chi connectivity index (χ1n) is 5.36. The lowest BCUT2D eigenvalue weighted by molar-refractivity contribution is -0.148. The Morgan fingerprint density at radius 3 is 2.20 bits per heavy atom. The van der Waals surface area contributed by atoms with Crippen molar-refractivity contribution in [1.82, 2.24) is 4.90 Å². The Morgan fingerprint density at radius 1 is 1.33 bits per heavy atom. The molecule has 0 bridgehead atoms. The van der Waals surface area contributed by atoms with Gasteiger partial charge < -0.3 is 5.73 Å². The first-order valence-corrected chi connectivity index (χ1v) is 5.36. The Morgan fingerprint density at radius 2 is 1.87 bits per heavy atom. The number of nitrogens with two attached hydrogens (primary N) is 1. The zero-order chi connectivity index (χ0) is 11.6. The predicted molar refractivity (Wildman–Crippen MR) is 53.5 cm³/mol. The molecule has 15 heavy (non-hydrogen) atoms. The lowest BCUT2D eigenvalue weighted by Crippen LogP contribution is -2.42. The summed E-state index contributed by atoms with van der Waals surface area (Å²) >= 11 is 0. The molecule has 2 nitrogen and oxygen atoms in total. The van der Waals surface area contributed by atoms with Crippen molar-refractivity contribution in [3.63, 3.8) is 0 Å². The SMILES string of the molecule is CC(N)C(C)CN(CC(F)(F)F)C1CC1. The number of nitrogens with zero attached hydrogens (tertiary/aromatic N) is 1. The van der Waals surface area contributed by atoms with E-state index in [4.69, 9.17) is 5.73 Å². The summed E-state index contributed by atoms with van der Waals surface area (Å²) in [4.78, 5) is 1.52. The monoisotopic (exact) mass is 224 g/mol. The van der Waals surface area contributed by atoms with Crippen LogP contribution >= 0.6 is 0 Å². The third-order valence-corrected chi connectivity index (χ3v) is 2.87. The number of hydrogen-bond donors (Lipinski definition) is 1. The lowest BCUT2D eigenvalue weighted by atomic mass is 10.0. The van der Waals surface area contributed by atoms with Gasteiger partial charge in [-0.1, -0.05) is 6.92 Å². The molecule has 0 aliphatic heterocycles. The van der Waals surface area contributed by atoms with Crippen molar-refractivity contribution in [2.75, 3.05) is 13.1 Å². The van der Waals surface area contributed by atoms with Crippen LogP contribution in [0, 0.1) is 5.92 Å². The van der Waals surface area contributed by atoms with Gasteiger partial charge in [0, 0.05) is 18.6 Å². The zero-order valence-corrected chi connectivity index (χ0v) is 9.22. The third-order valence-electron chi connectivity index (χ3n) is 2.87. The van der Waals surface area contributed by atoms with Gasteiger partial charge in [0.25, 0.3) is 0 Å². The molecule has 1 rings (SSSR count). The summed E-state index contributed by atoms with van der Waals surface area (Å²) in [6.45, 7) is 3.39. The lowest BCUT2D eigenvalue weighted by Gasteiger charge is -2.28. The fourth-order valence-electron chi connectivity index (χ4n) is 1.55. The third kappa shape index (κ3) is 4.84. The van der Waals surface area contributed by atoms with Crippen LogP contribution in [0.15, 0.2) is 0 Å². The van der Waals surface area contributed by atoms with E-state index < -0.39 is 12.7 Å². The van der Waals surface area contributed by atoms with Crippen LogP contribution in [0.1, 0.15) is 26.7 Å². The van der Waals surface area contributed by atoms with Gasteiger partial charge in [-0.25, -0.2) is 0 Å². The van der Waals surface area contributed by atoms with Crippen molar-refractivity contribution in [3.05, 3.63) is 0 Å². The summed E-state index contributed by atoms with van der Waals surface area (Å²) in [5.41, 5.74) is 5.66. The van der Waals surface area contributed by atoms with E-state index in [0.29, 0.717) is 6.54 Å². The zero-order valence-electron chi connectivity index (χ0n) is 9.22. The van der Waals surface area contributed by atoms with E-state index in [1.165, 1.54) is 4.90 Å². The molecule has 90 valence electrons. The Balaban J connectivity index is 2.44. The minimum absolute atomic E-state index is 0.0560. The first-order chi connectivity index (χ1) is 6.79. The molecule has 1 saturated carbocycles. The molecule has 0 aromatic heterocycles. The molecule has 1 aliphatic carbocycles. The molecule has 2 atom stereocenters. The van der Waals surface area contributed by atoms with Gasteiger partial charge in [-0.05, 0) is 25.7 Å². The first kappa shape index (κ1) is 12.8. The summed E-state index contributed by atoms with van der Waals surface area (Å²) in [6.07, 6.45) is -2.32. The van der Waals surface area contributed by atoms with Gasteiger partial charge >= 0.3 is 6.18 Å². The largest absolute Gasteiger partial charge is 0.401 e. The van der Waals surface area contributed by atoms with Crippen LogP contribution < -0.4 is 5.73 Å². The maximum absolute atomic E-state index is 12.3. The molecule has 0 amide bonds. The Labute approximate surface area is 88.6 Å². The highest BCUT2D eigenvalue weighted by molar-refractivity contribution is 4.87. The van der Waals surface area contributed by atoms with Crippen molar-refractivity contribution < 1.29 is 13.2 Å². The van der Waals surface area contributed by atoms with Crippen molar-refractivity contribution >= 4 is 0 Å². The topological polar surface area (TPSA) is 29.3 Å². The molecule has 1 fully saturated rings. The predicted octanol–water partition coefficient (Wildman–Crippen LogP) is 2.00. The second-order valence-electron chi connectivity index (χ2n) is 4.61. The standard InChI is InChI=1S/C10H19F3N2/c1-7(8(2)14)5-15(9-3-4-9)6-10(11,12)13/h7-9H,3-6,14H2,1-2H3. The second-order valence-corrected chi connectivity index (χ2v) is 4.61. The van der Waals surface area contributed by atoms with E-state index in [2.05, 4.69) is 0 Å². The quantitative estimate of drug-likeness (QED) is 0.774. The van der Waals surface area contributed by atoms with Crippen molar-refractivity contribution in [1.29, 1.82) is 0 Å². The summed E-state index contributed by atoms with van der Waals surface area (Å²) in [5.74, 6) is 0.105. The van der Waals surface area contributed by atoms with Crippen molar-refractivity contribution in [2.45, 2.75) is 44.9 Å². The number of alkyl halides is 3. The van der Waals surface area contributed by atoms with Gasteiger partial charge in [0.2, 0.25) is 0 Å². The maximum atomic E-state index is 12.3.